The van der Waals surface area contributed by atoms with E-state index in [1.54, 1.807) is 61.2 Å². The Hall–Kier alpha value is -5.08. The number of methoxy groups -OCH3 is 1. The van der Waals surface area contributed by atoms with Crippen molar-refractivity contribution in [3.05, 3.63) is 96.6 Å². The molecule has 0 radical (unpaired) electrons. The number of carbonyl (C=O) groups is 2. The van der Waals surface area contributed by atoms with Crippen LogP contribution in [0.5, 0.6) is 0 Å². The number of aromatic nitrogens is 6. The molecule has 51 heavy (non-hydrogen) atoms. The third kappa shape index (κ3) is 9.18. The molecule has 0 fully saturated rings. The Kier molecular flexibility index (Phi) is 14.0. The van der Waals surface area contributed by atoms with Crippen molar-refractivity contribution in [2.45, 2.75) is 39.8 Å². The van der Waals surface area contributed by atoms with Gasteiger partial charge in [-0.3, -0.25) is 9.97 Å². The molecule has 0 aliphatic carbocycles. The number of benzene rings is 2. The SMILES string of the molecule is CC(C)N(C)c1nc2cc(C(=O)O)ccc2nc1-c1ccncc1.COC(=O)c1ccc2nc(-c3ccncc3)c(N(C)C(C)C)nc2c1.[Na+].[OH-]. The van der Waals surface area contributed by atoms with Crippen molar-refractivity contribution in [1.29, 1.82) is 0 Å². The number of hydrogen-bond donors (Lipinski definition) is 1. The molecule has 0 spiro atoms. The summed E-state index contributed by atoms with van der Waals surface area (Å²) in [4.78, 5) is 54.2. The average molecular weight is 699 g/mol. The van der Waals surface area contributed by atoms with Gasteiger partial charge < -0.3 is 25.1 Å². The summed E-state index contributed by atoms with van der Waals surface area (Å²) in [6, 6.07) is 18.1. The van der Waals surface area contributed by atoms with Crippen LogP contribution in [0, 0.1) is 0 Å². The fraction of sp³-hybridized carbons (Fsp3) is 0.243. The van der Waals surface area contributed by atoms with E-state index in [4.69, 9.17) is 24.7 Å². The van der Waals surface area contributed by atoms with Gasteiger partial charge in [0.1, 0.15) is 11.4 Å². The van der Waals surface area contributed by atoms with Crippen LogP contribution in [0.2, 0.25) is 0 Å². The molecular formula is C37H39N8NaO5. The van der Waals surface area contributed by atoms with Crippen molar-refractivity contribution >= 4 is 45.6 Å². The zero-order valence-electron chi connectivity index (χ0n) is 29.9. The second-order valence-corrected chi connectivity index (χ2v) is 11.9. The van der Waals surface area contributed by atoms with E-state index >= 15 is 0 Å². The number of carboxylic acids is 1. The van der Waals surface area contributed by atoms with E-state index in [0.29, 0.717) is 27.9 Å². The third-order valence-corrected chi connectivity index (χ3v) is 8.08. The van der Waals surface area contributed by atoms with Crippen molar-refractivity contribution in [2.24, 2.45) is 0 Å². The summed E-state index contributed by atoms with van der Waals surface area (Å²) >= 11 is 0. The van der Waals surface area contributed by atoms with E-state index in [1.165, 1.54) is 7.11 Å². The van der Waals surface area contributed by atoms with E-state index < -0.39 is 5.97 Å². The number of ether oxygens (including phenoxy) is 1. The van der Waals surface area contributed by atoms with E-state index in [9.17, 15) is 14.7 Å². The molecule has 0 saturated heterocycles. The molecule has 2 aromatic carbocycles. The molecule has 0 amide bonds. The fourth-order valence-corrected chi connectivity index (χ4v) is 4.86. The minimum absolute atomic E-state index is 0. The first-order chi connectivity index (χ1) is 23.5. The first-order valence-corrected chi connectivity index (χ1v) is 15.7. The third-order valence-electron chi connectivity index (χ3n) is 8.08. The molecule has 6 rings (SSSR count). The number of anilines is 2. The standard InChI is InChI=1S/C19H20N4O2.C18H18N4O2.Na.H2O/c1-12(2)23(3)18-17(13-7-9-20-10-8-13)21-15-6-5-14(19(24)25-4)11-16(15)22-18;1-11(2)22(3)17-16(12-6-8-19-9-7-12)20-14-5-4-13(18(23)24)10-15(14)21-17;;/h5-12H,1-4H3;4-11H,1-3H3,(H,23,24);;1H2/q;;+1;/p-1. The van der Waals surface area contributed by atoms with Crippen LogP contribution >= 0.6 is 0 Å². The quantitative estimate of drug-likeness (QED) is 0.181. The summed E-state index contributed by atoms with van der Waals surface area (Å²) in [5.41, 5.74) is 6.67. The van der Waals surface area contributed by atoms with Crippen molar-refractivity contribution in [3.63, 3.8) is 0 Å². The number of nitrogens with zero attached hydrogens (tertiary/aromatic N) is 8. The monoisotopic (exact) mass is 698 g/mol. The summed E-state index contributed by atoms with van der Waals surface area (Å²) in [7, 11) is 5.30. The summed E-state index contributed by atoms with van der Waals surface area (Å²) in [6.45, 7) is 8.31. The topological polar surface area (TPSA) is 177 Å². The van der Waals surface area contributed by atoms with Gasteiger partial charge in [0.25, 0.3) is 0 Å². The summed E-state index contributed by atoms with van der Waals surface area (Å²) in [5.74, 6) is 0.110. The van der Waals surface area contributed by atoms with Crippen LogP contribution in [0.4, 0.5) is 11.6 Å². The molecule has 4 heterocycles. The summed E-state index contributed by atoms with van der Waals surface area (Å²) in [5, 5.41) is 9.18. The van der Waals surface area contributed by atoms with E-state index in [-0.39, 0.29) is 58.6 Å². The van der Waals surface area contributed by atoms with Crippen LogP contribution < -0.4 is 39.4 Å². The Balaban J connectivity index is 0.000000265. The zero-order chi connectivity index (χ0) is 35.2. The maximum atomic E-state index is 11.8. The maximum absolute atomic E-state index is 11.8. The normalized spacial score (nSPS) is 10.5. The Labute approximate surface area is 318 Å². The number of pyridine rings is 2. The molecule has 258 valence electrons. The molecule has 0 aliphatic heterocycles. The Morgan fingerprint density at radius 2 is 1.02 bits per heavy atom. The van der Waals surface area contributed by atoms with Crippen LogP contribution in [0.25, 0.3) is 44.6 Å². The van der Waals surface area contributed by atoms with Gasteiger partial charge in [-0.25, -0.2) is 29.5 Å². The van der Waals surface area contributed by atoms with E-state index in [1.807, 2.05) is 43.3 Å². The average Bonchev–Trinajstić information content (AvgIpc) is 3.13. The molecular weight excluding hydrogens is 659 g/mol. The molecule has 0 saturated carbocycles. The summed E-state index contributed by atoms with van der Waals surface area (Å²) < 4.78 is 4.79. The molecule has 14 heteroatoms. The number of fused-ring (bicyclic) bond motifs is 2. The molecule has 0 bridgehead atoms. The fourth-order valence-electron chi connectivity index (χ4n) is 4.86. The molecule has 2 N–H and O–H groups in total. The first kappa shape index (κ1) is 40.4. The minimum atomic E-state index is -0.976. The molecule has 4 aromatic heterocycles. The Morgan fingerprint density at radius 1 is 0.627 bits per heavy atom. The second-order valence-electron chi connectivity index (χ2n) is 11.9. The van der Waals surface area contributed by atoms with Crippen molar-refractivity contribution in [3.8, 4) is 22.5 Å². The van der Waals surface area contributed by atoms with Gasteiger partial charge in [-0.1, -0.05) is 0 Å². The summed E-state index contributed by atoms with van der Waals surface area (Å²) in [6.07, 6.45) is 6.91. The van der Waals surface area contributed by atoms with E-state index in [2.05, 4.69) is 42.6 Å². The van der Waals surface area contributed by atoms with Gasteiger partial charge in [0.15, 0.2) is 11.6 Å². The number of aromatic carboxylic acids is 1. The van der Waals surface area contributed by atoms with Gasteiger partial charge in [-0.05, 0) is 88.4 Å². The van der Waals surface area contributed by atoms with Gasteiger partial charge >= 0.3 is 41.5 Å². The van der Waals surface area contributed by atoms with Crippen LogP contribution in [-0.2, 0) is 4.74 Å². The molecule has 0 unspecified atom stereocenters. The largest absolute Gasteiger partial charge is 1.00 e. The Morgan fingerprint density at radius 3 is 1.39 bits per heavy atom. The number of rotatable bonds is 8. The van der Waals surface area contributed by atoms with E-state index in [0.717, 1.165) is 33.8 Å². The van der Waals surface area contributed by atoms with Crippen molar-refractivity contribution < 1.29 is 54.5 Å². The molecule has 6 aromatic rings. The number of esters is 1. The number of carboxylic acid groups (broad SMARTS) is 1. The number of hydrogen-bond acceptors (Lipinski definition) is 12. The van der Waals surface area contributed by atoms with Crippen molar-refractivity contribution in [1.82, 2.24) is 29.9 Å². The zero-order valence-corrected chi connectivity index (χ0v) is 31.9. The van der Waals surface area contributed by atoms with Crippen LogP contribution in [0.15, 0.2) is 85.5 Å². The predicted molar refractivity (Wildman–Crippen MR) is 193 cm³/mol. The maximum Gasteiger partial charge on any atom is 1.00 e. The molecule has 13 nitrogen and oxygen atoms in total. The van der Waals surface area contributed by atoms with Gasteiger partial charge in [-0.2, -0.15) is 0 Å². The second kappa shape index (κ2) is 17.7. The van der Waals surface area contributed by atoms with Gasteiger partial charge in [-0.15, -0.1) is 0 Å². The minimum Gasteiger partial charge on any atom is -0.870 e. The van der Waals surface area contributed by atoms with Gasteiger partial charge in [0.2, 0.25) is 0 Å². The molecule has 0 atom stereocenters. The predicted octanol–water partition coefficient (Wildman–Crippen LogP) is 3.38. The van der Waals surface area contributed by atoms with Crippen LogP contribution in [0.1, 0.15) is 48.4 Å². The van der Waals surface area contributed by atoms with Gasteiger partial charge in [0, 0.05) is 62.1 Å². The first-order valence-electron chi connectivity index (χ1n) is 15.7. The number of carbonyl (C=O) groups excluding carboxylic acids is 1. The van der Waals surface area contributed by atoms with Crippen LogP contribution in [-0.4, -0.2) is 85.7 Å². The smallest absolute Gasteiger partial charge is 0.870 e. The van der Waals surface area contributed by atoms with Gasteiger partial charge in [0.05, 0.1) is 40.3 Å². The Bertz CT molecular complexity index is 2120. The van der Waals surface area contributed by atoms with Crippen molar-refractivity contribution in [2.75, 3.05) is 31.0 Å². The van der Waals surface area contributed by atoms with Crippen LogP contribution in [0.3, 0.4) is 0 Å². The molecule has 0 aliphatic rings.